The van der Waals surface area contributed by atoms with Gasteiger partial charge in [-0.3, -0.25) is 0 Å². The molecule has 12 heavy (non-hydrogen) atoms. The number of hydrogen-bond acceptors (Lipinski definition) is 1. The number of carboxylic acid groups (broad SMARTS) is 1. The van der Waals surface area contributed by atoms with Crippen molar-refractivity contribution < 1.29 is 9.90 Å². The van der Waals surface area contributed by atoms with Gasteiger partial charge in [0.15, 0.2) is 0 Å². The Hall–Kier alpha value is -0.674. The summed E-state index contributed by atoms with van der Waals surface area (Å²) in [5.74, 6) is -0.861. The Balaban J connectivity index is 0.00000121. The van der Waals surface area contributed by atoms with Crippen LogP contribution in [0.3, 0.4) is 0 Å². The van der Waals surface area contributed by atoms with Gasteiger partial charge in [0.1, 0.15) is 0 Å². The molecular formula is C9H10GaO2. The maximum atomic E-state index is 10.5. The van der Waals surface area contributed by atoms with Crippen LogP contribution in [0.2, 0.25) is 0 Å². The van der Waals surface area contributed by atoms with E-state index in [-0.39, 0.29) is 19.8 Å². The zero-order chi connectivity index (χ0) is 8.27. The molecule has 0 aliphatic rings. The third-order valence-corrected chi connectivity index (χ3v) is 1.58. The van der Waals surface area contributed by atoms with E-state index >= 15 is 0 Å². The molecule has 0 aliphatic heterocycles. The molecule has 0 saturated heterocycles. The van der Waals surface area contributed by atoms with E-state index in [4.69, 9.17) is 5.11 Å². The maximum Gasteiger partial charge on any atom is 0.335 e. The Bertz CT molecular complexity index is 271. The van der Waals surface area contributed by atoms with Gasteiger partial charge in [-0.2, -0.15) is 0 Å². The van der Waals surface area contributed by atoms with Gasteiger partial charge >= 0.3 is 5.97 Å². The smallest absolute Gasteiger partial charge is 0.335 e. The van der Waals surface area contributed by atoms with Crippen molar-refractivity contribution in [1.82, 2.24) is 0 Å². The van der Waals surface area contributed by atoms with E-state index in [1.807, 2.05) is 13.0 Å². The Morgan fingerprint density at radius 3 is 2.67 bits per heavy atom. The molecule has 3 heteroatoms. The summed E-state index contributed by atoms with van der Waals surface area (Å²) in [4.78, 5) is 10.5. The van der Waals surface area contributed by atoms with E-state index in [1.165, 1.54) is 0 Å². The molecule has 0 atom stereocenters. The van der Waals surface area contributed by atoms with Crippen molar-refractivity contribution in [2.45, 2.75) is 13.3 Å². The Morgan fingerprint density at radius 2 is 2.17 bits per heavy atom. The van der Waals surface area contributed by atoms with Gasteiger partial charge in [-0.15, -0.1) is 0 Å². The molecule has 1 N–H and O–H groups in total. The summed E-state index contributed by atoms with van der Waals surface area (Å²) in [6.07, 6.45) is 0.876. The number of carbonyl (C=O) groups is 1. The number of aromatic carboxylic acids is 1. The van der Waals surface area contributed by atoms with Crippen LogP contribution in [0, 0.1) is 0 Å². The van der Waals surface area contributed by atoms with E-state index in [1.54, 1.807) is 18.2 Å². The minimum atomic E-state index is -0.861. The fraction of sp³-hybridized carbons (Fsp3) is 0.222. The third kappa shape index (κ3) is 2.75. The summed E-state index contributed by atoms with van der Waals surface area (Å²) >= 11 is 0. The molecule has 0 unspecified atom stereocenters. The fourth-order valence-electron chi connectivity index (χ4n) is 0.924. The number of hydrogen-bond donors (Lipinski definition) is 1. The molecular weight excluding hydrogens is 210 g/mol. The van der Waals surface area contributed by atoms with Crippen LogP contribution in [0.25, 0.3) is 0 Å². The van der Waals surface area contributed by atoms with E-state index in [0.717, 1.165) is 12.0 Å². The van der Waals surface area contributed by atoms with Crippen LogP contribution < -0.4 is 0 Å². The summed E-state index contributed by atoms with van der Waals surface area (Å²) in [5.41, 5.74) is 1.43. The van der Waals surface area contributed by atoms with E-state index < -0.39 is 5.97 Å². The van der Waals surface area contributed by atoms with Crippen molar-refractivity contribution in [3.05, 3.63) is 35.4 Å². The zero-order valence-corrected chi connectivity index (χ0v) is 9.37. The molecule has 1 aromatic carbocycles. The molecule has 0 heterocycles. The second-order valence-corrected chi connectivity index (χ2v) is 2.36. The third-order valence-electron chi connectivity index (χ3n) is 1.58. The van der Waals surface area contributed by atoms with Gasteiger partial charge in [-0.05, 0) is 24.1 Å². The van der Waals surface area contributed by atoms with Crippen LogP contribution in [0.4, 0.5) is 0 Å². The summed E-state index contributed by atoms with van der Waals surface area (Å²) in [7, 11) is 0. The van der Waals surface area contributed by atoms with E-state index in [9.17, 15) is 4.79 Å². The summed E-state index contributed by atoms with van der Waals surface area (Å²) in [6, 6.07) is 6.98. The van der Waals surface area contributed by atoms with E-state index in [2.05, 4.69) is 0 Å². The quantitative estimate of drug-likeness (QED) is 0.767. The molecule has 2 nitrogen and oxygen atoms in total. The fourth-order valence-corrected chi connectivity index (χ4v) is 0.924. The number of aryl methyl sites for hydroxylation is 1. The van der Waals surface area contributed by atoms with Crippen LogP contribution in [0.15, 0.2) is 24.3 Å². The molecule has 1 rings (SSSR count). The molecule has 0 aromatic heterocycles. The standard InChI is InChI=1S/C9H10O2.Ga/c1-2-7-4-3-5-8(6-7)9(10)11;/h3-6H,2H2,1H3,(H,10,11);. The summed E-state index contributed by atoms with van der Waals surface area (Å²) in [6.45, 7) is 2.00. The average Bonchev–Trinajstić information content (AvgIpc) is 2.05. The van der Waals surface area contributed by atoms with Gasteiger partial charge < -0.3 is 5.11 Å². The number of rotatable bonds is 2. The molecule has 1 aromatic rings. The first-order valence-electron chi connectivity index (χ1n) is 3.56. The first kappa shape index (κ1) is 11.3. The SMILES string of the molecule is CCc1cccc(C(=O)O)c1.[Ga]. The van der Waals surface area contributed by atoms with Crippen molar-refractivity contribution in [2.75, 3.05) is 0 Å². The van der Waals surface area contributed by atoms with Crippen LogP contribution in [0.5, 0.6) is 0 Å². The van der Waals surface area contributed by atoms with Crippen LogP contribution in [-0.4, -0.2) is 30.9 Å². The average molecular weight is 220 g/mol. The van der Waals surface area contributed by atoms with Gasteiger partial charge in [0.05, 0.1) is 5.56 Å². The molecule has 0 saturated carbocycles. The maximum absolute atomic E-state index is 10.5. The normalized spacial score (nSPS) is 8.75. The van der Waals surface area contributed by atoms with E-state index in [0.29, 0.717) is 5.56 Å². The predicted molar refractivity (Wildman–Crippen MR) is 48.5 cm³/mol. The van der Waals surface area contributed by atoms with Crippen molar-refractivity contribution >= 4 is 25.8 Å². The largest absolute Gasteiger partial charge is 0.478 e. The van der Waals surface area contributed by atoms with Crippen molar-refractivity contribution in [1.29, 1.82) is 0 Å². The zero-order valence-electron chi connectivity index (χ0n) is 6.95. The molecule has 61 valence electrons. The van der Waals surface area contributed by atoms with Gasteiger partial charge in [0.2, 0.25) is 0 Å². The van der Waals surface area contributed by atoms with Crippen LogP contribution >= 0.6 is 0 Å². The number of benzene rings is 1. The van der Waals surface area contributed by atoms with Crippen molar-refractivity contribution in [3.8, 4) is 0 Å². The summed E-state index contributed by atoms with van der Waals surface area (Å²) in [5, 5.41) is 8.60. The van der Waals surface area contributed by atoms with Gasteiger partial charge in [-0.25, -0.2) is 4.79 Å². The minimum absolute atomic E-state index is 0. The molecule has 0 spiro atoms. The van der Waals surface area contributed by atoms with Crippen molar-refractivity contribution in [2.24, 2.45) is 0 Å². The molecule has 0 amide bonds. The van der Waals surface area contributed by atoms with Crippen LogP contribution in [0.1, 0.15) is 22.8 Å². The molecule has 0 aliphatic carbocycles. The first-order valence-corrected chi connectivity index (χ1v) is 3.56. The summed E-state index contributed by atoms with van der Waals surface area (Å²) < 4.78 is 0. The second-order valence-electron chi connectivity index (χ2n) is 2.36. The van der Waals surface area contributed by atoms with Gasteiger partial charge in [0, 0.05) is 19.8 Å². The monoisotopic (exact) mass is 219 g/mol. The van der Waals surface area contributed by atoms with Gasteiger partial charge in [0.25, 0.3) is 0 Å². The Morgan fingerprint density at radius 1 is 1.50 bits per heavy atom. The number of carboxylic acids is 1. The molecule has 3 radical (unpaired) electrons. The molecule has 0 bridgehead atoms. The second kappa shape index (κ2) is 5.06. The Labute approximate surface area is 84.7 Å². The topological polar surface area (TPSA) is 37.3 Å². The van der Waals surface area contributed by atoms with Crippen LogP contribution in [-0.2, 0) is 6.42 Å². The predicted octanol–water partition coefficient (Wildman–Crippen LogP) is 1.57. The minimum Gasteiger partial charge on any atom is -0.478 e. The van der Waals surface area contributed by atoms with Gasteiger partial charge in [-0.1, -0.05) is 19.1 Å². The first-order chi connectivity index (χ1) is 5.24. The van der Waals surface area contributed by atoms with Crippen molar-refractivity contribution in [3.63, 3.8) is 0 Å². The Kier molecular flexibility index (Phi) is 4.77. The molecule has 0 fully saturated rings.